The van der Waals surface area contributed by atoms with Crippen LogP contribution in [0.15, 0.2) is 18.6 Å². The Labute approximate surface area is 123 Å². The molecular weight excluding hydrogens is 290 g/mol. The summed E-state index contributed by atoms with van der Waals surface area (Å²) < 4.78 is 25.8. The summed E-state index contributed by atoms with van der Waals surface area (Å²) in [6.07, 6.45) is 4.98. The molecular formula is C13H19N5O2S. The number of nitrogens with zero attached hydrogens (tertiary/aromatic N) is 3. The summed E-state index contributed by atoms with van der Waals surface area (Å²) in [6, 6.07) is 2.28. The van der Waals surface area contributed by atoms with Gasteiger partial charge in [0.25, 0.3) is 0 Å². The normalized spacial score (nSPS) is 22.2. The Bertz CT molecular complexity index is 736. The fourth-order valence-electron chi connectivity index (χ4n) is 2.65. The maximum absolute atomic E-state index is 11.5. The lowest BCUT2D eigenvalue weighted by Crippen LogP contribution is -2.53. The summed E-state index contributed by atoms with van der Waals surface area (Å²) in [6.45, 7) is 1.65. The van der Waals surface area contributed by atoms with Gasteiger partial charge in [0, 0.05) is 25.3 Å². The molecule has 1 aliphatic rings. The third-order valence-corrected chi connectivity index (χ3v) is 5.51. The maximum Gasteiger partial charge on any atom is 0.211 e. The molecule has 2 aromatic rings. The van der Waals surface area contributed by atoms with Gasteiger partial charge in [-0.05, 0) is 25.8 Å². The molecule has 0 unspecified atom stereocenters. The number of aromatic nitrogens is 3. The van der Waals surface area contributed by atoms with Gasteiger partial charge in [-0.3, -0.25) is 0 Å². The molecule has 0 amide bonds. The summed E-state index contributed by atoms with van der Waals surface area (Å²) in [5, 5.41) is 0.984. The van der Waals surface area contributed by atoms with Gasteiger partial charge < -0.3 is 9.88 Å². The quantitative estimate of drug-likeness (QED) is 0.855. The number of fused-ring (bicyclic) bond motifs is 1. The lowest BCUT2D eigenvalue weighted by atomic mass is 9.86. The molecule has 0 bridgehead atoms. The fourth-order valence-corrected chi connectivity index (χ4v) is 3.52. The Morgan fingerprint density at radius 1 is 1.43 bits per heavy atom. The highest BCUT2D eigenvalue weighted by Gasteiger charge is 2.35. The van der Waals surface area contributed by atoms with Crippen molar-refractivity contribution in [3.63, 3.8) is 0 Å². The highest BCUT2D eigenvalue weighted by Crippen LogP contribution is 2.31. The van der Waals surface area contributed by atoms with Crippen LogP contribution in [-0.2, 0) is 10.0 Å². The zero-order valence-electron chi connectivity index (χ0n) is 12.1. The molecule has 114 valence electrons. The molecule has 0 aliphatic heterocycles. The van der Waals surface area contributed by atoms with Gasteiger partial charge in [0.2, 0.25) is 10.0 Å². The van der Waals surface area contributed by atoms with E-state index in [0.717, 1.165) is 29.7 Å². The average Bonchev–Trinajstić information content (AvgIpc) is 2.90. The second kappa shape index (κ2) is 5.27. The molecule has 1 fully saturated rings. The van der Waals surface area contributed by atoms with Crippen molar-refractivity contribution in [2.45, 2.75) is 31.8 Å². The summed E-state index contributed by atoms with van der Waals surface area (Å²) >= 11 is 0. The van der Waals surface area contributed by atoms with E-state index in [4.69, 9.17) is 0 Å². The van der Waals surface area contributed by atoms with Crippen LogP contribution in [-0.4, -0.2) is 48.3 Å². The topological polar surface area (TPSA) is 91.0 Å². The van der Waals surface area contributed by atoms with Gasteiger partial charge in [0.05, 0.1) is 11.1 Å². The average molecular weight is 309 g/mol. The second-order valence-corrected chi connectivity index (χ2v) is 7.43. The molecule has 0 atom stereocenters. The van der Waals surface area contributed by atoms with E-state index in [0.29, 0.717) is 6.04 Å². The molecule has 0 spiro atoms. The molecule has 2 aromatic heterocycles. The number of sulfonamides is 1. The van der Waals surface area contributed by atoms with Crippen LogP contribution in [0, 0.1) is 0 Å². The summed E-state index contributed by atoms with van der Waals surface area (Å²) in [7, 11) is -1.13. The van der Waals surface area contributed by atoms with Crippen LogP contribution in [0.25, 0.3) is 11.0 Å². The molecule has 21 heavy (non-hydrogen) atoms. The Kier molecular flexibility index (Phi) is 3.58. The molecule has 1 saturated carbocycles. The van der Waals surface area contributed by atoms with Gasteiger partial charge in [-0.15, -0.1) is 0 Å². The van der Waals surface area contributed by atoms with Crippen molar-refractivity contribution in [2.24, 2.45) is 0 Å². The molecule has 0 aromatic carbocycles. The van der Waals surface area contributed by atoms with Crippen LogP contribution < -0.4 is 9.62 Å². The largest absolute Gasteiger partial charge is 0.356 e. The van der Waals surface area contributed by atoms with Crippen LogP contribution in [0.1, 0.15) is 19.8 Å². The van der Waals surface area contributed by atoms with E-state index in [9.17, 15) is 8.42 Å². The predicted molar refractivity (Wildman–Crippen MR) is 81.7 cm³/mol. The Morgan fingerprint density at radius 3 is 2.90 bits per heavy atom. The van der Waals surface area contributed by atoms with E-state index in [2.05, 4.69) is 24.6 Å². The third-order valence-electron chi connectivity index (χ3n) is 4.05. The standard InChI is InChI=1S/C13H19N5O2S/c1-3-21(19,20)17-9-6-10(7-9)18(2)13-11-4-5-14-12(11)15-8-16-13/h4-5,8-10,17H,3,6-7H2,1-2H3,(H,14,15,16). The van der Waals surface area contributed by atoms with Gasteiger partial charge in [-0.2, -0.15) is 0 Å². The second-order valence-electron chi connectivity index (χ2n) is 5.39. The zero-order chi connectivity index (χ0) is 15.0. The Morgan fingerprint density at radius 2 is 2.19 bits per heavy atom. The Balaban J connectivity index is 1.68. The van der Waals surface area contributed by atoms with Gasteiger partial charge in [-0.1, -0.05) is 0 Å². The van der Waals surface area contributed by atoms with Crippen molar-refractivity contribution in [1.29, 1.82) is 0 Å². The van der Waals surface area contributed by atoms with Crippen LogP contribution in [0.3, 0.4) is 0 Å². The lowest BCUT2D eigenvalue weighted by molar-refractivity contribution is 0.316. The minimum Gasteiger partial charge on any atom is -0.356 e. The van der Waals surface area contributed by atoms with Gasteiger partial charge >= 0.3 is 0 Å². The van der Waals surface area contributed by atoms with Crippen molar-refractivity contribution < 1.29 is 8.42 Å². The minimum absolute atomic E-state index is 0.0333. The molecule has 1 aliphatic carbocycles. The van der Waals surface area contributed by atoms with Gasteiger partial charge in [-0.25, -0.2) is 23.1 Å². The maximum atomic E-state index is 11.5. The number of nitrogens with one attached hydrogen (secondary N) is 2. The summed E-state index contributed by atoms with van der Waals surface area (Å²) in [5.74, 6) is 1.00. The van der Waals surface area contributed by atoms with Crippen molar-refractivity contribution >= 4 is 26.9 Å². The monoisotopic (exact) mass is 309 g/mol. The van der Waals surface area contributed by atoms with E-state index in [-0.39, 0.29) is 11.8 Å². The van der Waals surface area contributed by atoms with E-state index in [1.165, 1.54) is 0 Å². The highest BCUT2D eigenvalue weighted by atomic mass is 32.2. The molecule has 0 saturated heterocycles. The first kappa shape index (κ1) is 14.3. The van der Waals surface area contributed by atoms with E-state index in [1.807, 2.05) is 19.3 Å². The summed E-state index contributed by atoms with van der Waals surface area (Å²) in [4.78, 5) is 13.7. The molecule has 2 N–H and O–H groups in total. The highest BCUT2D eigenvalue weighted by molar-refractivity contribution is 7.89. The summed E-state index contributed by atoms with van der Waals surface area (Å²) in [5.41, 5.74) is 0.814. The number of hydrogen-bond acceptors (Lipinski definition) is 5. The SMILES string of the molecule is CCS(=O)(=O)NC1CC(N(C)c2ncnc3[nH]ccc23)C1. The molecule has 2 heterocycles. The Hall–Kier alpha value is -1.67. The zero-order valence-corrected chi connectivity index (χ0v) is 12.9. The number of rotatable bonds is 5. The van der Waals surface area contributed by atoms with Crippen LogP contribution in [0.4, 0.5) is 5.82 Å². The number of H-pyrrole nitrogens is 1. The number of aromatic amines is 1. The van der Waals surface area contributed by atoms with Crippen LogP contribution >= 0.6 is 0 Å². The van der Waals surface area contributed by atoms with Crippen molar-refractivity contribution in [3.8, 4) is 0 Å². The first-order chi connectivity index (χ1) is 10.00. The van der Waals surface area contributed by atoms with E-state index in [1.54, 1.807) is 13.3 Å². The van der Waals surface area contributed by atoms with E-state index >= 15 is 0 Å². The smallest absolute Gasteiger partial charge is 0.211 e. The predicted octanol–water partition coefficient (Wildman–Crippen LogP) is 0.864. The first-order valence-corrected chi connectivity index (χ1v) is 8.66. The van der Waals surface area contributed by atoms with Crippen molar-refractivity contribution in [1.82, 2.24) is 19.7 Å². The van der Waals surface area contributed by atoms with Crippen LogP contribution in [0.2, 0.25) is 0 Å². The third kappa shape index (κ3) is 2.73. The first-order valence-electron chi connectivity index (χ1n) is 7.01. The number of anilines is 1. The molecule has 0 radical (unpaired) electrons. The fraction of sp³-hybridized carbons (Fsp3) is 0.538. The van der Waals surface area contributed by atoms with Crippen molar-refractivity contribution in [2.75, 3.05) is 17.7 Å². The van der Waals surface area contributed by atoms with Crippen LogP contribution in [0.5, 0.6) is 0 Å². The number of hydrogen-bond donors (Lipinski definition) is 2. The minimum atomic E-state index is -3.12. The van der Waals surface area contributed by atoms with Gasteiger partial charge in [0.15, 0.2) is 0 Å². The molecule has 3 rings (SSSR count). The molecule has 7 nitrogen and oxygen atoms in total. The lowest BCUT2D eigenvalue weighted by Gasteiger charge is -2.41. The molecule has 8 heteroatoms. The van der Waals surface area contributed by atoms with E-state index < -0.39 is 10.0 Å². The van der Waals surface area contributed by atoms with Crippen molar-refractivity contribution in [3.05, 3.63) is 18.6 Å². The van der Waals surface area contributed by atoms with Gasteiger partial charge in [0.1, 0.15) is 17.8 Å².